The quantitative estimate of drug-likeness (QED) is 0.313. The molecule has 174 valence electrons. The first kappa shape index (κ1) is 23.6. The number of nitrogens with zero attached hydrogens (tertiary/aromatic N) is 2. The maximum absolute atomic E-state index is 13.5. The molecule has 1 aromatic heterocycles. The van der Waals surface area contributed by atoms with Gasteiger partial charge in [0.25, 0.3) is 11.8 Å². The van der Waals surface area contributed by atoms with E-state index in [1.165, 1.54) is 21.6 Å². The Morgan fingerprint density at radius 1 is 0.794 bits per heavy atom. The fourth-order valence-electron chi connectivity index (χ4n) is 4.93. The van der Waals surface area contributed by atoms with E-state index >= 15 is 0 Å². The Balaban J connectivity index is 1.81. The molecule has 0 bridgehead atoms. The van der Waals surface area contributed by atoms with Crippen LogP contribution in [0.1, 0.15) is 44.8 Å². The molecule has 0 saturated carbocycles. The molecular formula is C28H29N3O2S. The van der Waals surface area contributed by atoms with E-state index in [1.807, 2.05) is 52.0 Å². The Labute approximate surface area is 206 Å². The Morgan fingerprint density at radius 2 is 1.35 bits per heavy atom. The first-order valence-electron chi connectivity index (χ1n) is 11.2. The number of aryl methyl sites for hydroxylation is 6. The lowest BCUT2D eigenvalue weighted by Gasteiger charge is -2.29. The van der Waals surface area contributed by atoms with Crippen LogP contribution in [-0.2, 0) is 9.59 Å². The van der Waals surface area contributed by atoms with Gasteiger partial charge in [-0.05, 0) is 113 Å². The van der Waals surface area contributed by atoms with Crippen LogP contribution in [0.3, 0.4) is 0 Å². The standard InChI is InChI=1S/C28H29N3O2S/c1-15-8-16(2)12-23(11-15)31-27(33)24(26(32)29-28(31)34)14-22-13-20(6)30(21(22)7)25-18(4)9-17(3)10-19(25)5/h8-14H,1-7H3,(H,29,32,34)/b24-14+. The number of benzene rings is 2. The number of carbonyl (C=O) groups excluding carboxylic acids is 2. The van der Waals surface area contributed by atoms with Gasteiger partial charge in [0.2, 0.25) is 0 Å². The third-order valence-corrected chi connectivity index (χ3v) is 6.48. The zero-order valence-electron chi connectivity index (χ0n) is 20.7. The smallest absolute Gasteiger partial charge is 0.270 e. The molecule has 0 atom stereocenters. The van der Waals surface area contributed by atoms with Gasteiger partial charge in [0.15, 0.2) is 5.11 Å². The lowest BCUT2D eigenvalue weighted by atomic mass is 10.0. The van der Waals surface area contributed by atoms with Gasteiger partial charge in [-0.15, -0.1) is 0 Å². The molecule has 1 saturated heterocycles. The highest BCUT2D eigenvalue weighted by Gasteiger charge is 2.35. The number of anilines is 1. The second kappa shape index (κ2) is 8.69. The molecule has 5 nitrogen and oxygen atoms in total. The summed E-state index contributed by atoms with van der Waals surface area (Å²) in [6.07, 6.45) is 1.67. The summed E-state index contributed by atoms with van der Waals surface area (Å²) >= 11 is 5.36. The minimum atomic E-state index is -0.483. The summed E-state index contributed by atoms with van der Waals surface area (Å²) in [5, 5.41) is 2.78. The molecule has 2 heterocycles. The van der Waals surface area contributed by atoms with Gasteiger partial charge in [-0.2, -0.15) is 0 Å². The van der Waals surface area contributed by atoms with Crippen molar-refractivity contribution in [2.75, 3.05) is 4.90 Å². The second-order valence-electron chi connectivity index (χ2n) is 9.21. The van der Waals surface area contributed by atoms with Gasteiger partial charge < -0.3 is 4.57 Å². The lowest BCUT2D eigenvalue weighted by Crippen LogP contribution is -2.54. The maximum Gasteiger partial charge on any atom is 0.270 e. The first-order valence-corrected chi connectivity index (χ1v) is 11.7. The van der Waals surface area contributed by atoms with Crippen molar-refractivity contribution in [3.8, 4) is 5.69 Å². The van der Waals surface area contributed by atoms with Gasteiger partial charge in [-0.25, -0.2) is 0 Å². The van der Waals surface area contributed by atoms with Crippen molar-refractivity contribution in [3.05, 3.63) is 86.7 Å². The number of nitrogens with one attached hydrogen (secondary N) is 1. The van der Waals surface area contributed by atoms with Crippen LogP contribution in [0.5, 0.6) is 0 Å². The predicted octanol–water partition coefficient (Wildman–Crippen LogP) is 5.47. The zero-order valence-corrected chi connectivity index (χ0v) is 21.5. The Hall–Kier alpha value is -3.51. The van der Waals surface area contributed by atoms with Gasteiger partial charge in [-0.3, -0.25) is 19.8 Å². The summed E-state index contributed by atoms with van der Waals surface area (Å²) in [6.45, 7) is 14.3. The van der Waals surface area contributed by atoms with Gasteiger partial charge in [-0.1, -0.05) is 23.8 Å². The highest BCUT2D eigenvalue weighted by Crippen LogP contribution is 2.30. The van der Waals surface area contributed by atoms with Gasteiger partial charge >= 0.3 is 0 Å². The fraction of sp³-hybridized carbons (Fsp3) is 0.250. The van der Waals surface area contributed by atoms with E-state index in [9.17, 15) is 9.59 Å². The van der Waals surface area contributed by atoms with Gasteiger partial charge in [0, 0.05) is 11.4 Å². The number of hydrogen-bond acceptors (Lipinski definition) is 3. The molecule has 1 N–H and O–H groups in total. The second-order valence-corrected chi connectivity index (χ2v) is 9.60. The SMILES string of the molecule is Cc1cc(C)cc(N2C(=O)/C(=C/c3cc(C)n(-c4c(C)cc(C)cc4C)c3C)C(=O)NC2=S)c1. The number of hydrogen-bond donors (Lipinski definition) is 1. The summed E-state index contributed by atoms with van der Waals surface area (Å²) in [5.74, 6) is -0.908. The lowest BCUT2D eigenvalue weighted by molar-refractivity contribution is -0.122. The molecule has 4 rings (SSSR count). The molecule has 1 aliphatic heterocycles. The molecule has 0 spiro atoms. The minimum Gasteiger partial charge on any atom is -0.317 e. The van der Waals surface area contributed by atoms with E-state index in [0.717, 1.165) is 33.8 Å². The topological polar surface area (TPSA) is 54.3 Å². The largest absolute Gasteiger partial charge is 0.317 e. The maximum atomic E-state index is 13.5. The van der Waals surface area contributed by atoms with Crippen molar-refractivity contribution in [2.24, 2.45) is 0 Å². The summed E-state index contributed by atoms with van der Waals surface area (Å²) in [7, 11) is 0. The molecule has 1 fully saturated rings. The van der Waals surface area contributed by atoms with Crippen LogP contribution in [0.25, 0.3) is 11.8 Å². The predicted molar refractivity (Wildman–Crippen MR) is 142 cm³/mol. The van der Waals surface area contributed by atoms with E-state index in [-0.39, 0.29) is 10.7 Å². The fourth-order valence-corrected chi connectivity index (χ4v) is 5.21. The Kier molecular flexibility index (Phi) is 6.04. The average Bonchev–Trinajstić information content (AvgIpc) is 2.97. The molecule has 0 radical (unpaired) electrons. The van der Waals surface area contributed by atoms with E-state index in [4.69, 9.17) is 12.2 Å². The van der Waals surface area contributed by atoms with Crippen LogP contribution in [0.4, 0.5) is 5.69 Å². The monoisotopic (exact) mass is 471 g/mol. The third kappa shape index (κ3) is 4.10. The number of rotatable bonds is 3. The molecule has 1 aliphatic rings. The highest BCUT2D eigenvalue weighted by molar-refractivity contribution is 7.80. The van der Waals surface area contributed by atoms with Crippen LogP contribution in [-0.4, -0.2) is 21.5 Å². The normalized spacial score (nSPS) is 15.3. The van der Waals surface area contributed by atoms with Crippen LogP contribution < -0.4 is 10.2 Å². The number of aromatic nitrogens is 1. The molecule has 6 heteroatoms. The van der Waals surface area contributed by atoms with Gasteiger partial charge in [0.05, 0.1) is 11.4 Å². The number of amides is 2. The molecule has 2 aromatic carbocycles. The van der Waals surface area contributed by atoms with E-state index in [0.29, 0.717) is 5.69 Å². The van der Waals surface area contributed by atoms with Gasteiger partial charge in [0.1, 0.15) is 5.57 Å². The summed E-state index contributed by atoms with van der Waals surface area (Å²) in [6, 6.07) is 12.2. The Morgan fingerprint density at radius 3 is 1.94 bits per heavy atom. The molecule has 0 unspecified atom stereocenters. The highest BCUT2D eigenvalue weighted by atomic mass is 32.1. The molecule has 2 amide bonds. The van der Waals surface area contributed by atoms with E-state index in [2.05, 4.69) is 42.8 Å². The van der Waals surface area contributed by atoms with Crippen molar-refractivity contribution in [1.29, 1.82) is 0 Å². The zero-order chi connectivity index (χ0) is 24.9. The van der Waals surface area contributed by atoms with Crippen LogP contribution >= 0.6 is 12.2 Å². The number of thiocarbonyl (C=S) groups is 1. The summed E-state index contributed by atoms with van der Waals surface area (Å²) in [4.78, 5) is 27.7. The molecular weight excluding hydrogens is 442 g/mol. The van der Waals surface area contributed by atoms with Crippen molar-refractivity contribution >= 4 is 40.9 Å². The van der Waals surface area contributed by atoms with Crippen molar-refractivity contribution in [2.45, 2.75) is 48.5 Å². The van der Waals surface area contributed by atoms with E-state index in [1.54, 1.807) is 6.08 Å². The number of carbonyl (C=O) groups is 2. The summed E-state index contributed by atoms with van der Waals surface area (Å²) in [5.41, 5.74) is 10.3. The minimum absolute atomic E-state index is 0.0605. The summed E-state index contributed by atoms with van der Waals surface area (Å²) < 4.78 is 2.19. The van der Waals surface area contributed by atoms with Crippen molar-refractivity contribution in [1.82, 2.24) is 9.88 Å². The van der Waals surface area contributed by atoms with Crippen LogP contribution in [0.15, 0.2) is 42.0 Å². The van der Waals surface area contributed by atoms with Crippen LogP contribution in [0.2, 0.25) is 0 Å². The molecule has 0 aliphatic carbocycles. The van der Waals surface area contributed by atoms with E-state index < -0.39 is 11.8 Å². The van der Waals surface area contributed by atoms with Crippen molar-refractivity contribution < 1.29 is 9.59 Å². The molecule has 3 aromatic rings. The third-order valence-electron chi connectivity index (χ3n) is 6.20. The average molecular weight is 472 g/mol. The Bertz CT molecular complexity index is 1370. The first-order chi connectivity index (χ1) is 16.0. The van der Waals surface area contributed by atoms with Crippen LogP contribution in [0, 0.1) is 48.5 Å². The molecule has 34 heavy (non-hydrogen) atoms. The van der Waals surface area contributed by atoms with Crippen molar-refractivity contribution in [3.63, 3.8) is 0 Å².